The fourth-order valence-electron chi connectivity index (χ4n) is 2.58. The summed E-state index contributed by atoms with van der Waals surface area (Å²) in [5.74, 6) is 0.196. The van der Waals surface area contributed by atoms with Gasteiger partial charge in [-0.3, -0.25) is 0 Å². The predicted octanol–water partition coefficient (Wildman–Crippen LogP) is 2.50. The number of pyridine rings is 1. The second-order valence-corrected chi connectivity index (χ2v) is 6.78. The van der Waals surface area contributed by atoms with Crippen molar-refractivity contribution in [2.45, 2.75) is 39.3 Å². The zero-order valence-electron chi connectivity index (χ0n) is 14.9. The van der Waals surface area contributed by atoms with Crippen molar-refractivity contribution < 1.29 is 19.3 Å². The van der Waals surface area contributed by atoms with E-state index in [2.05, 4.69) is 14.7 Å². The summed E-state index contributed by atoms with van der Waals surface area (Å²) in [6.45, 7) is 9.44. The Morgan fingerprint density at radius 1 is 1.33 bits per heavy atom. The molecule has 1 amide bonds. The highest BCUT2D eigenvalue weighted by Gasteiger charge is 2.30. The van der Waals surface area contributed by atoms with Gasteiger partial charge in [0.05, 0.1) is 5.69 Å². The van der Waals surface area contributed by atoms with Crippen LogP contribution in [0.5, 0.6) is 0 Å². The van der Waals surface area contributed by atoms with Crippen LogP contribution >= 0.6 is 0 Å². The average Bonchev–Trinajstić information content (AvgIpc) is 2.52. The summed E-state index contributed by atoms with van der Waals surface area (Å²) in [7, 11) is 1.29. The van der Waals surface area contributed by atoms with Crippen molar-refractivity contribution in [2.24, 2.45) is 0 Å². The van der Waals surface area contributed by atoms with Gasteiger partial charge < -0.3 is 19.4 Å². The first-order valence-corrected chi connectivity index (χ1v) is 7.93. The van der Waals surface area contributed by atoms with Crippen LogP contribution in [0.2, 0.25) is 0 Å². The molecule has 0 aromatic carbocycles. The largest absolute Gasteiger partial charge is 0.444 e. The highest BCUT2D eigenvalue weighted by molar-refractivity contribution is 5.68. The van der Waals surface area contributed by atoms with E-state index >= 15 is 0 Å². The monoisotopic (exact) mass is 337 g/mol. The Morgan fingerprint density at radius 2 is 2.04 bits per heavy atom. The van der Waals surface area contributed by atoms with Crippen LogP contribution in [0.4, 0.5) is 16.3 Å². The first-order chi connectivity index (χ1) is 11.2. The maximum Gasteiger partial charge on any atom is 0.410 e. The first kappa shape index (κ1) is 18.0. The van der Waals surface area contributed by atoms with Gasteiger partial charge in [0, 0.05) is 31.7 Å². The van der Waals surface area contributed by atoms with E-state index in [4.69, 9.17) is 4.74 Å². The Morgan fingerprint density at radius 3 is 2.54 bits per heavy atom. The van der Waals surface area contributed by atoms with Crippen LogP contribution in [0.25, 0.3) is 0 Å². The van der Waals surface area contributed by atoms with Crippen LogP contribution in [0.15, 0.2) is 18.3 Å². The molecular formula is C16H25N4O4+. The molecule has 0 saturated carbocycles. The molecule has 0 spiro atoms. The molecule has 1 aromatic heterocycles. The lowest BCUT2D eigenvalue weighted by atomic mass is 10.1. The van der Waals surface area contributed by atoms with Gasteiger partial charge in [0.2, 0.25) is 0 Å². The minimum absolute atomic E-state index is 0.115. The summed E-state index contributed by atoms with van der Waals surface area (Å²) in [6, 6.07) is 3.55. The van der Waals surface area contributed by atoms with Gasteiger partial charge in [-0.05, 0) is 43.7 Å². The summed E-state index contributed by atoms with van der Waals surface area (Å²) in [5, 5.41) is 0. The van der Waals surface area contributed by atoms with Crippen LogP contribution in [-0.4, -0.2) is 59.3 Å². The predicted molar refractivity (Wildman–Crippen MR) is 89.1 cm³/mol. The zero-order valence-corrected chi connectivity index (χ0v) is 14.9. The summed E-state index contributed by atoms with van der Waals surface area (Å²) in [4.78, 5) is 36.4. The fraction of sp³-hybridized carbons (Fsp3) is 0.625. The molecule has 0 radical (unpaired) electrons. The number of aromatic nitrogens is 1. The molecule has 0 unspecified atom stereocenters. The number of ether oxygens (including phenoxy) is 1. The summed E-state index contributed by atoms with van der Waals surface area (Å²) in [6.07, 6.45) is 1.35. The van der Waals surface area contributed by atoms with E-state index in [1.807, 2.05) is 33.8 Å². The summed E-state index contributed by atoms with van der Waals surface area (Å²) in [5.41, 5.74) is 0.405. The van der Waals surface area contributed by atoms with Crippen molar-refractivity contribution in [3.05, 3.63) is 23.2 Å². The molecule has 1 atom stereocenters. The van der Waals surface area contributed by atoms with Gasteiger partial charge in [0.15, 0.2) is 11.1 Å². The summed E-state index contributed by atoms with van der Waals surface area (Å²) < 4.78 is 5.42. The van der Waals surface area contributed by atoms with Gasteiger partial charge in [-0.2, -0.15) is 0 Å². The maximum absolute atomic E-state index is 12.2. The third-order valence-electron chi connectivity index (χ3n) is 3.70. The lowest BCUT2D eigenvalue weighted by Crippen LogP contribution is -2.54. The van der Waals surface area contributed by atoms with Crippen LogP contribution in [-0.2, 0) is 9.57 Å². The first-order valence-electron chi connectivity index (χ1n) is 7.93. The number of carbonyl (C=O) groups is 1. The number of carbonyl (C=O) groups excluding carboxylic acids is 1. The normalized spacial score (nSPS) is 18.3. The van der Waals surface area contributed by atoms with Crippen molar-refractivity contribution in [3.8, 4) is 0 Å². The van der Waals surface area contributed by atoms with Gasteiger partial charge in [0.1, 0.15) is 12.7 Å². The van der Waals surface area contributed by atoms with Crippen LogP contribution in [0.3, 0.4) is 0 Å². The van der Waals surface area contributed by atoms with Crippen molar-refractivity contribution >= 4 is 17.6 Å². The third-order valence-corrected chi connectivity index (χ3v) is 3.70. The summed E-state index contributed by atoms with van der Waals surface area (Å²) >= 11 is 0. The van der Waals surface area contributed by atoms with Crippen molar-refractivity contribution in [1.82, 2.24) is 9.88 Å². The minimum Gasteiger partial charge on any atom is -0.444 e. The molecule has 1 aromatic rings. The van der Waals surface area contributed by atoms with E-state index in [0.717, 1.165) is 5.69 Å². The van der Waals surface area contributed by atoms with Gasteiger partial charge >= 0.3 is 11.9 Å². The molecule has 8 heteroatoms. The van der Waals surface area contributed by atoms with Gasteiger partial charge in [-0.15, -0.1) is 0 Å². The molecule has 0 N–H and O–H groups in total. The van der Waals surface area contributed by atoms with Crippen molar-refractivity contribution in [1.29, 1.82) is 0 Å². The molecule has 1 saturated heterocycles. The van der Waals surface area contributed by atoms with Crippen molar-refractivity contribution in [3.63, 3.8) is 0 Å². The Hall–Kier alpha value is -2.38. The second kappa shape index (κ2) is 7.02. The minimum atomic E-state index is -0.497. The Balaban J connectivity index is 2.01. The number of nitrogens with zero attached hydrogens (tertiary/aromatic N) is 4. The van der Waals surface area contributed by atoms with Gasteiger partial charge in [0.25, 0.3) is 0 Å². The van der Waals surface area contributed by atoms with Crippen LogP contribution in [0, 0.1) is 4.91 Å². The molecule has 1 aliphatic heterocycles. The molecular weight excluding hydrogens is 312 g/mol. The fourth-order valence-corrected chi connectivity index (χ4v) is 2.58. The lowest BCUT2D eigenvalue weighted by Gasteiger charge is -2.40. The number of amides is 1. The lowest BCUT2D eigenvalue weighted by molar-refractivity contribution is -0.739. The molecule has 2 rings (SSSR count). The molecule has 0 bridgehead atoms. The number of hydrogen-bond acceptors (Lipinski definition) is 6. The quantitative estimate of drug-likeness (QED) is 0.789. The maximum atomic E-state index is 12.2. The Bertz CT molecular complexity index is 597. The number of anilines is 1. The second-order valence-electron chi connectivity index (χ2n) is 6.78. The smallest absolute Gasteiger partial charge is 0.410 e. The highest BCUT2D eigenvalue weighted by atomic mass is 16.8. The molecule has 24 heavy (non-hydrogen) atoms. The molecule has 0 aliphatic carbocycles. The van der Waals surface area contributed by atoms with Crippen molar-refractivity contribution in [2.75, 3.05) is 31.6 Å². The van der Waals surface area contributed by atoms with Gasteiger partial charge in [-0.25, -0.2) is 4.79 Å². The molecule has 132 valence electrons. The topological polar surface area (TPSA) is 75.0 Å². The van der Waals surface area contributed by atoms with E-state index in [9.17, 15) is 9.70 Å². The number of piperazine rings is 1. The van der Waals surface area contributed by atoms with E-state index in [-0.39, 0.29) is 18.0 Å². The Kier molecular flexibility index (Phi) is 5.26. The van der Waals surface area contributed by atoms with E-state index < -0.39 is 5.60 Å². The molecule has 1 aliphatic rings. The molecule has 1 fully saturated rings. The van der Waals surface area contributed by atoms with Crippen LogP contribution in [0.1, 0.15) is 27.7 Å². The van der Waals surface area contributed by atoms with E-state index in [1.165, 1.54) is 7.11 Å². The number of rotatable bonds is 3. The zero-order chi connectivity index (χ0) is 17.9. The number of hydrogen-bond donors (Lipinski definition) is 0. The Labute approximate surface area is 141 Å². The highest BCUT2D eigenvalue weighted by Crippen LogP contribution is 2.22. The van der Waals surface area contributed by atoms with Crippen LogP contribution < -0.4 is 4.90 Å². The van der Waals surface area contributed by atoms with Gasteiger partial charge in [-0.1, -0.05) is 0 Å². The van der Waals surface area contributed by atoms with E-state index in [0.29, 0.717) is 24.6 Å². The van der Waals surface area contributed by atoms with E-state index in [1.54, 1.807) is 17.2 Å². The third kappa shape index (κ3) is 4.33. The standard InChI is InChI=1S/C16H25N4O4/c1-12-11-18(15(21)24-16(2,3)4)8-9-19(12)13-6-7-14(17-10-13)20(22)23-5/h6-7,10,12H,8-9,11H2,1-5H3/q+1/t12-/m0/s1. The molecule has 2 heterocycles. The molecule has 8 nitrogen and oxygen atoms in total. The average molecular weight is 337 g/mol. The SMILES string of the molecule is CO[N+](=O)c1ccc(N2CCN(C(=O)OC(C)(C)C)C[C@@H]2C)cn1.